The van der Waals surface area contributed by atoms with E-state index < -0.39 is 11.8 Å². The number of aliphatic imine (C=N–C) groups is 4. The molecule has 5 aromatic heterocycles. The van der Waals surface area contributed by atoms with E-state index in [1.165, 1.54) is 0 Å². The Labute approximate surface area is 391 Å². The first-order chi connectivity index (χ1) is 32.1. The van der Waals surface area contributed by atoms with Gasteiger partial charge in [0.25, 0.3) is 0 Å². The first-order valence-corrected chi connectivity index (χ1v) is 21.3. The molecule has 2 N–H and O–H groups in total. The van der Waals surface area contributed by atoms with Crippen LogP contribution in [-0.2, 0) is 25.1 Å². The maximum absolute atomic E-state index is 5.59. The number of hydrogen-bond acceptors (Lipinski definition) is 10. The number of anilines is 1. The molecular formula is C53H34N12Zn. The number of fused-ring (bicyclic) bond motifs is 18. The largest absolute Gasteiger partial charge is 2.00 e. The summed E-state index contributed by atoms with van der Waals surface area (Å²) in [6.07, 6.45) is 13.9. The van der Waals surface area contributed by atoms with Crippen molar-refractivity contribution in [1.29, 1.82) is 0 Å². The summed E-state index contributed by atoms with van der Waals surface area (Å²) in [4.78, 5) is 44.4. The Morgan fingerprint density at radius 3 is 1.70 bits per heavy atom. The zero-order valence-corrected chi connectivity index (χ0v) is 38.4. The third kappa shape index (κ3) is 6.23. The number of hydrogen-bond donors (Lipinski definition) is 2. The predicted octanol–water partition coefficient (Wildman–Crippen LogP) is 10.4. The van der Waals surface area contributed by atoms with Gasteiger partial charge in [-0.2, -0.15) is 0 Å². The van der Waals surface area contributed by atoms with Crippen LogP contribution in [0.5, 0.6) is 0 Å². The summed E-state index contributed by atoms with van der Waals surface area (Å²) in [6.45, 7) is 2.10. The molecule has 0 saturated carbocycles. The van der Waals surface area contributed by atoms with Gasteiger partial charge in [0.2, 0.25) is 0 Å². The Kier molecular flexibility index (Phi) is 9.21. The number of benzene rings is 4. The van der Waals surface area contributed by atoms with E-state index in [4.69, 9.17) is 30.3 Å². The van der Waals surface area contributed by atoms with Gasteiger partial charge in [0.1, 0.15) is 11.5 Å². The van der Waals surface area contributed by atoms with Gasteiger partial charge < -0.3 is 30.9 Å². The minimum absolute atomic E-state index is 0. The molecule has 0 fully saturated rings. The Bertz CT molecular complexity index is 3530. The number of rotatable bonds is 4. The van der Waals surface area contributed by atoms with Crippen molar-refractivity contribution in [2.75, 3.05) is 5.32 Å². The summed E-state index contributed by atoms with van der Waals surface area (Å²) in [7, 11) is 0. The summed E-state index contributed by atoms with van der Waals surface area (Å²) < 4.78 is 0. The van der Waals surface area contributed by atoms with Gasteiger partial charge in [-0.05, 0) is 122 Å². The van der Waals surface area contributed by atoms with E-state index in [0.29, 0.717) is 35.0 Å². The zero-order chi connectivity index (χ0) is 43.1. The summed E-state index contributed by atoms with van der Waals surface area (Å²) in [5.74, 6) is 3.36. The molecule has 0 spiro atoms. The molecule has 2 atom stereocenters. The molecule has 4 aromatic carbocycles. The molecule has 0 aliphatic carbocycles. The fraction of sp³-hybridized carbons (Fsp3) is 0.0566. The van der Waals surface area contributed by atoms with Crippen molar-refractivity contribution in [3.8, 4) is 44.5 Å². The molecule has 4 aliphatic heterocycles. The molecule has 4 aliphatic rings. The fourth-order valence-electron chi connectivity index (χ4n) is 9.65. The predicted molar refractivity (Wildman–Crippen MR) is 256 cm³/mol. The van der Waals surface area contributed by atoms with Gasteiger partial charge in [0.05, 0.1) is 17.8 Å². The molecule has 0 amide bonds. The second-order valence-electron chi connectivity index (χ2n) is 16.3. The van der Waals surface area contributed by atoms with E-state index in [1.807, 2.05) is 85.5 Å². The van der Waals surface area contributed by atoms with Crippen LogP contribution < -0.4 is 15.6 Å². The van der Waals surface area contributed by atoms with Crippen LogP contribution in [0, 0.1) is 0 Å². The maximum Gasteiger partial charge on any atom is 2.00 e. The minimum Gasteiger partial charge on any atom is -0.440 e. The van der Waals surface area contributed by atoms with Crippen LogP contribution >= 0.6 is 0 Å². The van der Waals surface area contributed by atoms with Gasteiger partial charge in [-0.15, -0.1) is 0 Å². The maximum atomic E-state index is 5.59. The SMILES string of the molecule is CC12N=C(NC3[N-]C(=NC4=N/C(=N\c5[n-]c(c6c(-c7ccncc7)cccc56)N1)c1c4cccc1-c1ccncc1)c1c(-c4ccncc4)cccc13)c1c(-c3ccncc3)cccc12.[Zn+2]. The molecule has 308 valence electrons. The van der Waals surface area contributed by atoms with Crippen LogP contribution in [0.3, 0.4) is 0 Å². The van der Waals surface area contributed by atoms with Crippen molar-refractivity contribution in [3.05, 3.63) is 210 Å². The number of aromatic nitrogens is 5. The van der Waals surface area contributed by atoms with E-state index in [2.05, 4.69) is 98.2 Å². The van der Waals surface area contributed by atoms with E-state index in [-0.39, 0.29) is 19.5 Å². The number of pyridine rings is 4. The van der Waals surface area contributed by atoms with Crippen molar-refractivity contribution in [2.24, 2.45) is 20.0 Å². The van der Waals surface area contributed by atoms with Crippen LogP contribution in [0.25, 0.3) is 60.6 Å². The van der Waals surface area contributed by atoms with Crippen molar-refractivity contribution in [2.45, 2.75) is 18.8 Å². The third-order valence-electron chi connectivity index (χ3n) is 12.6. The minimum atomic E-state index is -1.00. The third-order valence-corrected chi connectivity index (χ3v) is 12.6. The smallest absolute Gasteiger partial charge is 0.440 e. The van der Waals surface area contributed by atoms with Crippen molar-refractivity contribution < 1.29 is 19.5 Å². The average Bonchev–Trinajstić information content (AvgIpc) is 4.09. The average molecular weight is 904 g/mol. The van der Waals surface area contributed by atoms with Crippen molar-refractivity contribution in [3.63, 3.8) is 0 Å². The first kappa shape index (κ1) is 39.3. The van der Waals surface area contributed by atoms with Crippen LogP contribution in [0.2, 0.25) is 0 Å². The van der Waals surface area contributed by atoms with E-state index >= 15 is 0 Å². The van der Waals surface area contributed by atoms with Crippen LogP contribution in [0.1, 0.15) is 46.5 Å². The van der Waals surface area contributed by atoms with Gasteiger partial charge in [-0.25, -0.2) is 4.99 Å². The van der Waals surface area contributed by atoms with E-state index in [9.17, 15) is 0 Å². The summed E-state index contributed by atoms with van der Waals surface area (Å²) in [6, 6.07) is 41.2. The molecule has 13 rings (SSSR count). The van der Waals surface area contributed by atoms with Gasteiger partial charge in [0.15, 0.2) is 0 Å². The normalized spacial score (nSPS) is 18.2. The Balaban J connectivity index is 0.00000456. The Morgan fingerprint density at radius 2 is 1.05 bits per heavy atom. The van der Waals surface area contributed by atoms with Crippen molar-refractivity contribution >= 4 is 45.8 Å². The molecule has 2 unspecified atom stereocenters. The quantitative estimate of drug-likeness (QED) is 0.167. The Hall–Kier alpha value is -8.28. The summed E-state index contributed by atoms with van der Waals surface area (Å²) in [5, 5.41) is 14.9. The van der Waals surface area contributed by atoms with Crippen LogP contribution in [-0.4, -0.2) is 43.3 Å². The molecular weight excluding hydrogens is 870 g/mol. The van der Waals surface area contributed by atoms with Gasteiger partial charge in [-0.3, -0.25) is 24.9 Å². The molecule has 0 radical (unpaired) electrons. The van der Waals surface area contributed by atoms with Gasteiger partial charge in [-0.1, -0.05) is 78.6 Å². The van der Waals surface area contributed by atoms with Gasteiger partial charge >= 0.3 is 19.5 Å². The number of amidine groups is 4. The topological polar surface area (TPSA) is 153 Å². The molecule has 13 heteroatoms. The van der Waals surface area contributed by atoms with Crippen LogP contribution in [0.15, 0.2) is 191 Å². The standard InChI is InChI=1S/C53H34N12.Zn/c1-53-41-13-5-9-37(33-20-28-57-29-21-33)45(41)52(65-53)63-47-39-11-3-7-35(31-16-24-55-25-17-31)43(39)50(60-47)59-46-38-10-2-6-34(30-14-22-54-23-15-30)42(38)49(58-46)61-48-40-12-4-8-36(32-18-26-56-27-19-32)44(40)51(62-48)64-53;/h2-29,47,64H,1H3,(H-,58,59,60,61,63,65);/q-2;+2. The molecule has 9 heterocycles. The van der Waals surface area contributed by atoms with E-state index in [0.717, 1.165) is 88.7 Å². The summed E-state index contributed by atoms with van der Waals surface area (Å²) in [5.41, 5.74) is 12.4. The first-order valence-electron chi connectivity index (χ1n) is 21.3. The Morgan fingerprint density at radius 1 is 0.515 bits per heavy atom. The fourth-order valence-corrected chi connectivity index (χ4v) is 9.65. The second kappa shape index (κ2) is 15.5. The number of nitrogens with zero attached hydrogens (tertiary/aromatic N) is 10. The molecule has 0 saturated heterocycles. The second-order valence-corrected chi connectivity index (χ2v) is 16.3. The zero-order valence-electron chi connectivity index (χ0n) is 35.4. The molecule has 12 nitrogen and oxygen atoms in total. The monoisotopic (exact) mass is 902 g/mol. The van der Waals surface area contributed by atoms with Crippen LogP contribution in [0.4, 0.5) is 11.6 Å². The van der Waals surface area contributed by atoms with Gasteiger partial charge in [0, 0.05) is 83.3 Å². The van der Waals surface area contributed by atoms with Crippen molar-refractivity contribution in [1.82, 2.24) is 30.2 Å². The molecule has 66 heavy (non-hydrogen) atoms. The number of nitrogens with one attached hydrogen (secondary N) is 2. The molecule has 9 aromatic rings. The van der Waals surface area contributed by atoms with E-state index in [1.54, 1.807) is 24.8 Å². The summed E-state index contributed by atoms with van der Waals surface area (Å²) >= 11 is 0. The molecule has 8 bridgehead atoms.